The molecule has 0 saturated carbocycles. The van der Waals surface area contributed by atoms with Crippen molar-refractivity contribution in [3.8, 4) is 28.6 Å². The van der Waals surface area contributed by atoms with E-state index >= 15 is 0 Å². The quantitative estimate of drug-likeness (QED) is 0.305. The molecule has 1 amide bonds. The molecule has 0 aliphatic heterocycles. The summed E-state index contributed by atoms with van der Waals surface area (Å²) in [5, 5.41) is 14.2. The van der Waals surface area contributed by atoms with E-state index in [9.17, 15) is 4.79 Å². The van der Waals surface area contributed by atoms with E-state index < -0.39 is 0 Å². The topological polar surface area (TPSA) is 78.3 Å². The number of rotatable bonds is 10. The van der Waals surface area contributed by atoms with E-state index in [2.05, 4.69) is 15.5 Å². The number of amides is 1. The summed E-state index contributed by atoms with van der Waals surface area (Å²) in [5.74, 6) is 2.06. The van der Waals surface area contributed by atoms with Gasteiger partial charge in [0.15, 0.2) is 11.0 Å². The second-order valence-electron chi connectivity index (χ2n) is 7.33. The van der Waals surface area contributed by atoms with Crippen LogP contribution in [-0.2, 0) is 11.3 Å². The van der Waals surface area contributed by atoms with Crippen LogP contribution in [0.25, 0.3) is 17.1 Å². The Bertz CT molecular complexity index is 1220. The average Bonchev–Trinajstić information content (AvgIpc) is 3.53. The van der Waals surface area contributed by atoms with Gasteiger partial charge in [-0.25, -0.2) is 0 Å². The molecule has 0 fully saturated rings. The van der Waals surface area contributed by atoms with Crippen molar-refractivity contribution in [2.24, 2.45) is 0 Å². The molecule has 34 heavy (non-hydrogen) atoms. The molecule has 7 nitrogen and oxygen atoms in total. The van der Waals surface area contributed by atoms with E-state index in [-0.39, 0.29) is 11.2 Å². The SMILES string of the molecule is CCOc1ccc(-n2c(S[C@@H](C)C(=O)NCc3cccs3)nnc2-c2ccccc2OC)cc1. The van der Waals surface area contributed by atoms with Crippen molar-refractivity contribution in [3.05, 3.63) is 70.9 Å². The molecule has 4 aromatic rings. The van der Waals surface area contributed by atoms with Crippen LogP contribution in [0, 0.1) is 0 Å². The van der Waals surface area contributed by atoms with Gasteiger partial charge in [0.2, 0.25) is 5.91 Å². The van der Waals surface area contributed by atoms with Gasteiger partial charge in [-0.05, 0) is 61.7 Å². The van der Waals surface area contributed by atoms with Crippen LogP contribution in [0.2, 0.25) is 0 Å². The number of thioether (sulfide) groups is 1. The Labute approximate surface area is 207 Å². The fourth-order valence-electron chi connectivity index (χ4n) is 3.38. The second-order valence-corrected chi connectivity index (χ2v) is 9.67. The van der Waals surface area contributed by atoms with E-state index in [1.54, 1.807) is 18.4 Å². The lowest BCUT2D eigenvalue weighted by atomic mass is 10.2. The maximum absolute atomic E-state index is 12.8. The molecule has 0 unspecified atom stereocenters. The Kier molecular flexibility index (Phi) is 7.87. The monoisotopic (exact) mass is 494 g/mol. The van der Waals surface area contributed by atoms with Gasteiger partial charge in [0.1, 0.15) is 11.5 Å². The van der Waals surface area contributed by atoms with Gasteiger partial charge in [-0.2, -0.15) is 0 Å². The molecule has 9 heteroatoms. The number of thiophene rings is 1. The van der Waals surface area contributed by atoms with E-state index in [4.69, 9.17) is 9.47 Å². The van der Waals surface area contributed by atoms with Crippen molar-refractivity contribution < 1.29 is 14.3 Å². The number of aromatic nitrogens is 3. The lowest BCUT2D eigenvalue weighted by Crippen LogP contribution is -2.30. The number of hydrogen-bond acceptors (Lipinski definition) is 7. The molecular formula is C25H26N4O3S2. The minimum Gasteiger partial charge on any atom is -0.496 e. The molecule has 2 aromatic carbocycles. The normalized spacial score (nSPS) is 11.7. The van der Waals surface area contributed by atoms with Gasteiger partial charge in [-0.3, -0.25) is 9.36 Å². The van der Waals surface area contributed by atoms with Crippen LogP contribution in [0.15, 0.2) is 71.2 Å². The van der Waals surface area contributed by atoms with Gasteiger partial charge in [0.05, 0.1) is 36.8 Å². The Morgan fingerprint density at radius 1 is 1.12 bits per heavy atom. The zero-order valence-corrected chi connectivity index (χ0v) is 20.9. The van der Waals surface area contributed by atoms with Crippen LogP contribution in [0.4, 0.5) is 0 Å². The predicted molar refractivity (Wildman–Crippen MR) is 136 cm³/mol. The van der Waals surface area contributed by atoms with E-state index in [1.807, 2.05) is 84.5 Å². The highest BCUT2D eigenvalue weighted by Gasteiger charge is 2.23. The van der Waals surface area contributed by atoms with Crippen LogP contribution >= 0.6 is 23.1 Å². The fraction of sp³-hybridized carbons (Fsp3) is 0.240. The molecule has 1 atom stereocenters. The third-order valence-electron chi connectivity index (χ3n) is 5.06. The molecule has 0 spiro atoms. The standard InChI is InChI=1S/C25H26N4O3S2/c1-4-32-19-13-11-18(12-14-19)29-23(21-9-5-6-10-22(21)31-3)27-28-25(29)34-17(2)24(30)26-16-20-8-7-15-33-20/h5-15,17H,4,16H2,1-3H3,(H,26,30)/t17-/m0/s1. The first-order valence-corrected chi connectivity index (χ1v) is 12.7. The molecule has 0 bridgehead atoms. The van der Waals surface area contributed by atoms with Crippen molar-refractivity contribution in [2.45, 2.75) is 30.8 Å². The van der Waals surface area contributed by atoms with E-state index in [0.717, 1.165) is 21.9 Å². The molecule has 176 valence electrons. The fourth-order valence-corrected chi connectivity index (χ4v) is 4.92. The van der Waals surface area contributed by atoms with Gasteiger partial charge < -0.3 is 14.8 Å². The first-order valence-electron chi connectivity index (χ1n) is 10.9. The molecule has 2 aromatic heterocycles. The number of methoxy groups -OCH3 is 1. The van der Waals surface area contributed by atoms with Crippen molar-refractivity contribution in [3.63, 3.8) is 0 Å². The molecule has 2 heterocycles. The zero-order chi connectivity index (χ0) is 23.9. The second kappa shape index (κ2) is 11.2. The Balaban J connectivity index is 1.65. The summed E-state index contributed by atoms with van der Waals surface area (Å²) >= 11 is 2.98. The maximum atomic E-state index is 12.8. The number of carbonyl (C=O) groups is 1. The van der Waals surface area contributed by atoms with E-state index in [0.29, 0.717) is 29.9 Å². The molecule has 0 aliphatic rings. The van der Waals surface area contributed by atoms with E-state index in [1.165, 1.54) is 11.8 Å². The summed E-state index contributed by atoms with van der Waals surface area (Å²) in [6, 6.07) is 19.4. The summed E-state index contributed by atoms with van der Waals surface area (Å²) in [7, 11) is 1.63. The Morgan fingerprint density at radius 2 is 1.91 bits per heavy atom. The van der Waals surface area contributed by atoms with Gasteiger partial charge in [-0.15, -0.1) is 21.5 Å². The van der Waals surface area contributed by atoms with Crippen molar-refractivity contribution in [2.75, 3.05) is 13.7 Å². The zero-order valence-electron chi connectivity index (χ0n) is 19.2. The lowest BCUT2D eigenvalue weighted by molar-refractivity contribution is -0.120. The molecule has 4 rings (SSSR count). The highest BCUT2D eigenvalue weighted by molar-refractivity contribution is 8.00. The molecular weight excluding hydrogens is 468 g/mol. The van der Waals surface area contributed by atoms with Gasteiger partial charge in [0.25, 0.3) is 0 Å². The predicted octanol–water partition coefficient (Wildman–Crippen LogP) is 5.20. The molecule has 0 aliphatic carbocycles. The van der Waals surface area contributed by atoms with Crippen molar-refractivity contribution >= 4 is 29.0 Å². The number of hydrogen-bond donors (Lipinski definition) is 1. The number of para-hydroxylation sites is 1. The van der Waals surface area contributed by atoms with Crippen molar-refractivity contribution in [1.29, 1.82) is 0 Å². The molecule has 1 N–H and O–H groups in total. The van der Waals surface area contributed by atoms with Crippen LogP contribution in [0.3, 0.4) is 0 Å². The number of nitrogens with one attached hydrogen (secondary N) is 1. The summed E-state index contributed by atoms with van der Waals surface area (Å²) in [6.07, 6.45) is 0. The maximum Gasteiger partial charge on any atom is 0.233 e. The Morgan fingerprint density at radius 3 is 2.62 bits per heavy atom. The highest BCUT2D eigenvalue weighted by Crippen LogP contribution is 2.34. The number of benzene rings is 2. The summed E-state index contributed by atoms with van der Waals surface area (Å²) < 4.78 is 13.1. The van der Waals surface area contributed by atoms with Crippen LogP contribution in [-0.4, -0.2) is 39.6 Å². The Hall–Kier alpha value is -3.30. The molecule has 0 saturated heterocycles. The largest absolute Gasteiger partial charge is 0.496 e. The van der Waals surface area contributed by atoms with Crippen LogP contribution in [0.5, 0.6) is 11.5 Å². The minimum absolute atomic E-state index is 0.0570. The first kappa shape index (κ1) is 23.8. The lowest BCUT2D eigenvalue weighted by Gasteiger charge is -2.15. The average molecular weight is 495 g/mol. The highest BCUT2D eigenvalue weighted by atomic mass is 32.2. The first-order chi connectivity index (χ1) is 16.6. The third-order valence-corrected chi connectivity index (χ3v) is 6.97. The molecule has 0 radical (unpaired) electrons. The summed E-state index contributed by atoms with van der Waals surface area (Å²) in [5.41, 5.74) is 1.68. The van der Waals surface area contributed by atoms with Gasteiger partial charge in [-0.1, -0.05) is 30.0 Å². The number of ether oxygens (including phenoxy) is 2. The third kappa shape index (κ3) is 5.43. The summed E-state index contributed by atoms with van der Waals surface area (Å²) in [6.45, 7) is 4.93. The summed E-state index contributed by atoms with van der Waals surface area (Å²) in [4.78, 5) is 13.9. The van der Waals surface area contributed by atoms with Gasteiger partial charge >= 0.3 is 0 Å². The number of carbonyl (C=O) groups excluding carboxylic acids is 1. The van der Waals surface area contributed by atoms with Crippen LogP contribution in [0.1, 0.15) is 18.7 Å². The minimum atomic E-state index is -0.365. The van der Waals surface area contributed by atoms with Crippen molar-refractivity contribution in [1.82, 2.24) is 20.1 Å². The van der Waals surface area contributed by atoms with Crippen LogP contribution < -0.4 is 14.8 Å². The van der Waals surface area contributed by atoms with Gasteiger partial charge in [0, 0.05) is 4.88 Å². The smallest absolute Gasteiger partial charge is 0.233 e. The number of nitrogens with zero attached hydrogens (tertiary/aromatic N) is 3.